The van der Waals surface area contributed by atoms with Crippen molar-refractivity contribution in [3.8, 4) is 17.1 Å². The smallest absolute Gasteiger partial charge is 0.264 e. The maximum Gasteiger partial charge on any atom is 0.264 e. The van der Waals surface area contributed by atoms with Gasteiger partial charge in [0.2, 0.25) is 11.7 Å². The molecule has 3 aromatic heterocycles. The first-order valence-corrected chi connectivity index (χ1v) is 11.7. The van der Waals surface area contributed by atoms with E-state index in [9.17, 15) is 9.59 Å². The fraction of sp³-hybridized carbons (Fsp3) is 0.348. The molecule has 10 nitrogen and oxygen atoms in total. The molecule has 0 atom stereocenters. The molecule has 1 aliphatic heterocycles. The van der Waals surface area contributed by atoms with Gasteiger partial charge in [0.05, 0.1) is 30.2 Å². The predicted molar refractivity (Wildman–Crippen MR) is 127 cm³/mol. The highest BCUT2D eigenvalue weighted by Crippen LogP contribution is 2.28. The molecule has 1 fully saturated rings. The zero-order valence-corrected chi connectivity index (χ0v) is 20.0. The van der Waals surface area contributed by atoms with Gasteiger partial charge in [-0.2, -0.15) is 4.98 Å². The van der Waals surface area contributed by atoms with Crippen LogP contribution in [0.4, 0.5) is 0 Å². The van der Waals surface area contributed by atoms with E-state index in [1.54, 1.807) is 14.2 Å². The third kappa shape index (κ3) is 4.08. The quantitative estimate of drug-likeness (QED) is 0.428. The lowest BCUT2D eigenvalue weighted by Gasteiger charge is -2.33. The first kappa shape index (κ1) is 22.2. The average Bonchev–Trinajstić information content (AvgIpc) is 3.46. The van der Waals surface area contributed by atoms with Gasteiger partial charge in [-0.15, -0.1) is 11.3 Å². The molecular weight excluding hydrogens is 456 g/mol. The third-order valence-corrected chi connectivity index (χ3v) is 7.23. The Kier molecular flexibility index (Phi) is 5.88. The van der Waals surface area contributed by atoms with Gasteiger partial charge in [0.25, 0.3) is 11.5 Å². The molecule has 0 saturated carbocycles. The number of nitrogens with zero attached hydrogens (tertiary/aromatic N) is 6. The third-order valence-electron chi connectivity index (χ3n) is 6.04. The average molecular weight is 481 g/mol. The molecule has 4 aromatic rings. The summed E-state index contributed by atoms with van der Waals surface area (Å²) in [6, 6.07) is 7.49. The highest BCUT2D eigenvalue weighted by Gasteiger charge is 2.27. The number of rotatable bonds is 5. The van der Waals surface area contributed by atoms with Gasteiger partial charge in [0.15, 0.2) is 0 Å². The van der Waals surface area contributed by atoms with Crippen LogP contribution in [0.3, 0.4) is 0 Å². The topological polar surface area (TPSA) is 107 Å². The number of aryl methyl sites for hydroxylation is 2. The van der Waals surface area contributed by atoms with Crippen molar-refractivity contribution < 1.29 is 14.1 Å². The van der Waals surface area contributed by atoms with Gasteiger partial charge in [0.1, 0.15) is 10.6 Å². The molecule has 176 valence electrons. The highest BCUT2D eigenvalue weighted by molar-refractivity contribution is 7.20. The highest BCUT2D eigenvalue weighted by atomic mass is 32.1. The lowest BCUT2D eigenvalue weighted by molar-refractivity contribution is 0.0619. The van der Waals surface area contributed by atoms with Crippen LogP contribution in [0.15, 0.2) is 39.9 Å². The maximum absolute atomic E-state index is 13.2. The number of carbonyl (C=O) groups excluding carboxylic acids is 1. The van der Waals surface area contributed by atoms with Crippen LogP contribution in [-0.4, -0.2) is 68.7 Å². The van der Waals surface area contributed by atoms with E-state index < -0.39 is 0 Å². The second-order valence-corrected chi connectivity index (χ2v) is 9.20. The van der Waals surface area contributed by atoms with Crippen molar-refractivity contribution in [1.82, 2.24) is 29.5 Å². The summed E-state index contributed by atoms with van der Waals surface area (Å²) in [5, 5.41) is 4.61. The van der Waals surface area contributed by atoms with E-state index in [1.165, 1.54) is 22.2 Å². The minimum Gasteiger partial charge on any atom is -0.497 e. The van der Waals surface area contributed by atoms with Crippen molar-refractivity contribution in [1.29, 1.82) is 0 Å². The number of hydrogen-bond donors (Lipinski definition) is 0. The first-order chi connectivity index (χ1) is 16.4. The van der Waals surface area contributed by atoms with Gasteiger partial charge in [-0.05, 0) is 36.8 Å². The van der Waals surface area contributed by atoms with Crippen LogP contribution >= 0.6 is 11.3 Å². The van der Waals surface area contributed by atoms with Crippen molar-refractivity contribution in [2.45, 2.75) is 13.5 Å². The Morgan fingerprint density at radius 2 is 1.91 bits per heavy atom. The molecule has 11 heteroatoms. The summed E-state index contributed by atoms with van der Waals surface area (Å²) in [5.74, 6) is 1.78. The Hall–Kier alpha value is -3.57. The van der Waals surface area contributed by atoms with Crippen LogP contribution in [0.1, 0.15) is 21.1 Å². The Balaban J connectivity index is 1.22. The van der Waals surface area contributed by atoms with Crippen molar-refractivity contribution >= 4 is 27.5 Å². The van der Waals surface area contributed by atoms with Gasteiger partial charge in [-0.3, -0.25) is 14.5 Å². The van der Waals surface area contributed by atoms with Gasteiger partial charge in [-0.25, -0.2) is 4.98 Å². The number of methoxy groups -OCH3 is 1. The van der Waals surface area contributed by atoms with Crippen molar-refractivity contribution in [2.75, 3.05) is 33.3 Å². The van der Waals surface area contributed by atoms with Crippen LogP contribution in [0.5, 0.6) is 5.75 Å². The molecular formula is C23H24N6O4S. The van der Waals surface area contributed by atoms with Crippen molar-refractivity contribution in [2.24, 2.45) is 7.05 Å². The molecule has 0 spiro atoms. The Morgan fingerprint density at radius 1 is 1.18 bits per heavy atom. The fourth-order valence-electron chi connectivity index (χ4n) is 4.03. The largest absolute Gasteiger partial charge is 0.497 e. The summed E-state index contributed by atoms with van der Waals surface area (Å²) in [6.45, 7) is 4.88. The number of thiophene rings is 1. The Morgan fingerprint density at radius 3 is 2.62 bits per heavy atom. The van der Waals surface area contributed by atoms with Gasteiger partial charge < -0.3 is 18.7 Å². The number of fused-ring (bicyclic) bond motifs is 1. The number of amides is 1. The van der Waals surface area contributed by atoms with Crippen molar-refractivity contribution in [3.63, 3.8) is 0 Å². The SMILES string of the molecule is COc1ccc(-c2noc(CN3CCN(C(=O)c4sc5ncn(C)c(=O)c5c4C)CC3)n2)cc1. The second kappa shape index (κ2) is 8.99. The monoisotopic (exact) mass is 480 g/mol. The zero-order chi connectivity index (χ0) is 23.8. The normalized spacial score (nSPS) is 14.6. The summed E-state index contributed by atoms with van der Waals surface area (Å²) in [4.78, 5) is 39.7. The molecule has 0 aliphatic carbocycles. The van der Waals surface area contributed by atoms with E-state index in [0.717, 1.165) is 11.3 Å². The van der Waals surface area contributed by atoms with E-state index in [4.69, 9.17) is 9.26 Å². The molecule has 1 aromatic carbocycles. The molecule has 1 aliphatic rings. The number of piperazine rings is 1. The summed E-state index contributed by atoms with van der Waals surface area (Å²) < 4.78 is 12.1. The van der Waals surface area contributed by atoms with Gasteiger partial charge >= 0.3 is 0 Å². The fourth-order valence-corrected chi connectivity index (χ4v) is 5.14. The summed E-state index contributed by atoms with van der Waals surface area (Å²) in [7, 11) is 3.29. The van der Waals surface area contributed by atoms with E-state index in [-0.39, 0.29) is 11.5 Å². The Bertz CT molecular complexity index is 1400. The minimum absolute atomic E-state index is 0.0539. The molecule has 4 heterocycles. The number of aromatic nitrogens is 4. The van der Waals surface area contributed by atoms with E-state index in [2.05, 4.69) is 20.0 Å². The summed E-state index contributed by atoms with van der Waals surface area (Å²) in [5.41, 5.74) is 1.43. The summed E-state index contributed by atoms with van der Waals surface area (Å²) in [6.07, 6.45) is 1.49. The molecule has 0 unspecified atom stereocenters. The first-order valence-electron chi connectivity index (χ1n) is 10.9. The molecule has 0 N–H and O–H groups in total. The molecule has 0 bridgehead atoms. The number of ether oxygens (including phenoxy) is 1. The van der Waals surface area contributed by atoms with Crippen LogP contribution in [0.25, 0.3) is 21.6 Å². The van der Waals surface area contributed by atoms with Gasteiger partial charge in [-0.1, -0.05) is 5.16 Å². The molecule has 1 saturated heterocycles. The number of hydrogen-bond acceptors (Lipinski definition) is 9. The van der Waals surface area contributed by atoms with Crippen molar-refractivity contribution in [3.05, 3.63) is 57.3 Å². The van der Waals surface area contributed by atoms with Crippen LogP contribution < -0.4 is 10.3 Å². The second-order valence-electron chi connectivity index (χ2n) is 8.21. The molecule has 0 radical (unpaired) electrons. The minimum atomic E-state index is -0.129. The maximum atomic E-state index is 13.2. The molecule has 1 amide bonds. The van der Waals surface area contributed by atoms with E-state index in [1.807, 2.05) is 36.1 Å². The summed E-state index contributed by atoms with van der Waals surface area (Å²) >= 11 is 1.28. The van der Waals surface area contributed by atoms with E-state index >= 15 is 0 Å². The molecule has 5 rings (SSSR count). The van der Waals surface area contributed by atoms with Crippen LogP contribution in [-0.2, 0) is 13.6 Å². The number of carbonyl (C=O) groups is 1. The standard InChI is InChI=1S/C23H24N6O4S/c1-14-18-21(24-13-27(2)22(18)30)34-19(14)23(31)29-10-8-28(9-11-29)12-17-25-20(26-33-17)15-4-6-16(32-3)7-5-15/h4-7,13H,8-12H2,1-3H3. The lowest BCUT2D eigenvalue weighted by Crippen LogP contribution is -2.48. The van der Waals surface area contributed by atoms with E-state index in [0.29, 0.717) is 65.1 Å². The molecule has 34 heavy (non-hydrogen) atoms. The predicted octanol–water partition coefficient (Wildman–Crippen LogP) is 2.32. The Labute approximate surface area is 199 Å². The van der Waals surface area contributed by atoms with Crippen LogP contribution in [0.2, 0.25) is 0 Å². The van der Waals surface area contributed by atoms with Gasteiger partial charge in [0, 0.05) is 38.8 Å². The van der Waals surface area contributed by atoms with Crippen LogP contribution in [0, 0.1) is 6.92 Å². The number of benzene rings is 1. The zero-order valence-electron chi connectivity index (χ0n) is 19.1. The lowest BCUT2D eigenvalue weighted by atomic mass is 10.2.